The molecule has 0 radical (unpaired) electrons. The predicted octanol–water partition coefficient (Wildman–Crippen LogP) is 3.59. The summed E-state index contributed by atoms with van der Waals surface area (Å²) in [5.74, 6) is -2.95. The number of ketones is 1. The number of carbonyl (C=O) groups is 3. The number of rotatable bonds is 5. The van der Waals surface area contributed by atoms with E-state index < -0.39 is 29.1 Å². The van der Waals surface area contributed by atoms with E-state index in [2.05, 4.69) is 15.5 Å². The van der Waals surface area contributed by atoms with Crippen LogP contribution in [-0.2, 0) is 20.8 Å². The van der Waals surface area contributed by atoms with E-state index in [-0.39, 0.29) is 0 Å². The second-order valence-corrected chi connectivity index (χ2v) is 8.94. The molecular formula is C24H26ClN3O3. The molecule has 2 amide bonds. The van der Waals surface area contributed by atoms with Crippen molar-refractivity contribution in [1.82, 2.24) is 5.32 Å². The molecule has 7 heteroatoms. The second kappa shape index (κ2) is 8.71. The first-order valence-corrected chi connectivity index (χ1v) is 11.0. The third-order valence-electron chi connectivity index (χ3n) is 6.06. The van der Waals surface area contributed by atoms with E-state index >= 15 is 0 Å². The summed E-state index contributed by atoms with van der Waals surface area (Å²) in [6, 6.07) is 14.6. The van der Waals surface area contributed by atoms with Gasteiger partial charge in [-0.3, -0.25) is 14.4 Å². The zero-order chi connectivity index (χ0) is 22.0. The summed E-state index contributed by atoms with van der Waals surface area (Å²) >= 11 is 5.92. The Morgan fingerprint density at radius 1 is 1.06 bits per heavy atom. The van der Waals surface area contributed by atoms with Crippen molar-refractivity contribution in [1.29, 1.82) is 0 Å². The van der Waals surface area contributed by atoms with E-state index in [9.17, 15) is 14.4 Å². The molecule has 4 rings (SSSR count). The van der Waals surface area contributed by atoms with Crippen LogP contribution in [0.2, 0.25) is 5.02 Å². The molecule has 0 spiro atoms. The lowest BCUT2D eigenvalue weighted by Gasteiger charge is -2.28. The Bertz CT molecular complexity index is 984. The maximum atomic E-state index is 13.0. The molecule has 2 aromatic rings. The number of halogens is 1. The van der Waals surface area contributed by atoms with Crippen LogP contribution in [0.3, 0.4) is 0 Å². The molecule has 2 N–H and O–H groups in total. The van der Waals surface area contributed by atoms with Gasteiger partial charge in [0.05, 0.1) is 0 Å². The van der Waals surface area contributed by atoms with Crippen molar-refractivity contribution in [3.63, 3.8) is 0 Å². The Hall–Kier alpha value is -2.86. The first kappa shape index (κ1) is 21.4. The van der Waals surface area contributed by atoms with Crippen LogP contribution in [0.4, 0.5) is 11.4 Å². The van der Waals surface area contributed by atoms with Gasteiger partial charge < -0.3 is 15.5 Å². The minimum absolute atomic E-state index is 0.295. The number of amides is 2. The van der Waals surface area contributed by atoms with Gasteiger partial charge in [0, 0.05) is 35.9 Å². The highest BCUT2D eigenvalue weighted by atomic mass is 35.5. The van der Waals surface area contributed by atoms with Crippen molar-refractivity contribution in [2.24, 2.45) is 5.92 Å². The third-order valence-corrected chi connectivity index (χ3v) is 6.31. The van der Waals surface area contributed by atoms with Crippen LogP contribution in [0.5, 0.6) is 0 Å². The number of hydrogen-bond acceptors (Lipinski definition) is 4. The van der Waals surface area contributed by atoms with Gasteiger partial charge in [0.2, 0.25) is 11.8 Å². The zero-order valence-corrected chi connectivity index (χ0v) is 18.2. The van der Waals surface area contributed by atoms with E-state index in [1.54, 1.807) is 19.1 Å². The third kappa shape index (κ3) is 4.59. The maximum absolute atomic E-state index is 13.0. The van der Waals surface area contributed by atoms with Crippen molar-refractivity contribution in [2.45, 2.75) is 38.1 Å². The summed E-state index contributed by atoms with van der Waals surface area (Å²) in [6.45, 7) is 3.73. The standard InChI is InChI=1S/C24H26ClN3O3/c1-24(15-16-5-7-17(25)8-6-16)21(29)20(23(31)27-24)22(30)26-18-9-11-19(12-10-18)28-13-3-2-4-14-28/h5-12,20H,2-4,13-15H2,1H3,(H,26,30)(H,27,31)/t20?,24-/m1/s1. The van der Waals surface area contributed by atoms with Gasteiger partial charge in [-0.2, -0.15) is 0 Å². The average molecular weight is 440 g/mol. The van der Waals surface area contributed by atoms with Crippen molar-refractivity contribution in [3.8, 4) is 0 Å². The highest BCUT2D eigenvalue weighted by Gasteiger charge is 2.52. The lowest BCUT2D eigenvalue weighted by atomic mass is 9.86. The Morgan fingerprint density at radius 3 is 2.35 bits per heavy atom. The number of hydrogen-bond donors (Lipinski definition) is 2. The number of piperidine rings is 1. The summed E-state index contributed by atoms with van der Waals surface area (Å²) in [7, 11) is 0. The van der Waals surface area contributed by atoms with Gasteiger partial charge in [0.1, 0.15) is 5.54 Å². The fraction of sp³-hybridized carbons (Fsp3) is 0.375. The molecule has 2 saturated heterocycles. The van der Waals surface area contributed by atoms with Gasteiger partial charge in [0.15, 0.2) is 11.7 Å². The molecule has 0 aromatic heterocycles. The first-order valence-electron chi connectivity index (χ1n) is 10.6. The summed E-state index contributed by atoms with van der Waals surface area (Å²) in [5.41, 5.74) is 1.40. The van der Waals surface area contributed by atoms with Gasteiger partial charge in [0.25, 0.3) is 0 Å². The zero-order valence-electron chi connectivity index (χ0n) is 17.5. The fourth-order valence-electron chi connectivity index (χ4n) is 4.35. The molecule has 2 fully saturated rings. The lowest BCUT2D eigenvalue weighted by molar-refractivity contribution is -0.135. The van der Waals surface area contributed by atoms with Crippen molar-refractivity contribution in [2.75, 3.05) is 23.3 Å². The van der Waals surface area contributed by atoms with E-state index in [0.717, 1.165) is 24.3 Å². The van der Waals surface area contributed by atoms with Gasteiger partial charge in [-0.25, -0.2) is 0 Å². The van der Waals surface area contributed by atoms with Crippen LogP contribution < -0.4 is 15.5 Å². The van der Waals surface area contributed by atoms with Crippen molar-refractivity contribution < 1.29 is 14.4 Å². The normalized spacial score (nSPS) is 23.5. The van der Waals surface area contributed by atoms with Gasteiger partial charge >= 0.3 is 0 Å². The van der Waals surface area contributed by atoms with Crippen molar-refractivity contribution >= 4 is 40.6 Å². The van der Waals surface area contributed by atoms with Gasteiger partial charge in [-0.15, -0.1) is 0 Å². The minimum Gasteiger partial charge on any atom is -0.372 e. The maximum Gasteiger partial charge on any atom is 0.244 e. The van der Waals surface area contributed by atoms with E-state index in [0.29, 0.717) is 17.1 Å². The highest BCUT2D eigenvalue weighted by molar-refractivity contribution is 6.30. The molecule has 2 aliphatic rings. The van der Waals surface area contributed by atoms with E-state index in [1.165, 1.54) is 19.3 Å². The van der Waals surface area contributed by atoms with E-state index in [1.807, 2.05) is 36.4 Å². The topological polar surface area (TPSA) is 78.5 Å². The average Bonchev–Trinajstić information content (AvgIpc) is 2.99. The van der Waals surface area contributed by atoms with E-state index in [4.69, 9.17) is 11.6 Å². The molecule has 1 unspecified atom stereocenters. The number of nitrogens with zero attached hydrogens (tertiary/aromatic N) is 1. The first-order chi connectivity index (χ1) is 14.9. The van der Waals surface area contributed by atoms with Crippen molar-refractivity contribution in [3.05, 3.63) is 59.1 Å². The molecule has 2 heterocycles. The van der Waals surface area contributed by atoms with Crippen LogP contribution in [0.1, 0.15) is 31.7 Å². The molecule has 0 bridgehead atoms. The predicted molar refractivity (Wildman–Crippen MR) is 121 cm³/mol. The molecule has 162 valence electrons. The summed E-state index contributed by atoms with van der Waals surface area (Å²) in [6.07, 6.45) is 3.93. The second-order valence-electron chi connectivity index (χ2n) is 8.51. The smallest absolute Gasteiger partial charge is 0.244 e. The van der Waals surface area contributed by atoms with Crippen LogP contribution >= 0.6 is 11.6 Å². The minimum atomic E-state index is -1.36. The SMILES string of the molecule is C[C@]1(Cc2ccc(Cl)cc2)NC(=O)C(C(=O)Nc2ccc(N3CCCCC3)cc2)C1=O. The number of nitrogens with one attached hydrogen (secondary N) is 2. The molecule has 0 aliphatic carbocycles. The Labute approximate surface area is 187 Å². The van der Waals surface area contributed by atoms with Gasteiger partial charge in [-0.05, 0) is 68.1 Å². The van der Waals surface area contributed by atoms with Crippen LogP contribution in [0.15, 0.2) is 48.5 Å². The molecule has 2 atom stereocenters. The van der Waals surface area contributed by atoms with Gasteiger partial charge in [-0.1, -0.05) is 23.7 Å². The van der Waals surface area contributed by atoms with Crippen LogP contribution in [-0.4, -0.2) is 36.2 Å². The molecular weight excluding hydrogens is 414 g/mol. The summed E-state index contributed by atoms with van der Waals surface area (Å²) in [4.78, 5) is 40.7. The Morgan fingerprint density at radius 2 is 1.71 bits per heavy atom. The molecule has 0 saturated carbocycles. The van der Waals surface area contributed by atoms with Crippen LogP contribution in [0.25, 0.3) is 0 Å². The Balaban J connectivity index is 1.42. The van der Waals surface area contributed by atoms with Crippen LogP contribution in [0, 0.1) is 5.92 Å². The lowest BCUT2D eigenvalue weighted by Crippen LogP contribution is -2.45. The summed E-state index contributed by atoms with van der Waals surface area (Å²) < 4.78 is 0. The largest absolute Gasteiger partial charge is 0.372 e. The highest BCUT2D eigenvalue weighted by Crippen LogP contribution is 2.28. The molecule has 31 heavy (non-hydrogen) atoms. The number of anilines is 2. The summed E-state index contributed by atoms with van der Waals surface area (Å²) in [5, 5.41) is 6.05. The molecule has 6 nitrogen and oxygen atoms in total. The number of benzene rings is 2. The number of carbonyl (C=O) groups excluding carboxylic acids is 3. The quantitative estimate of drug-likeness (QED) is 0.698. The number of Topliss-reactive ketones (excluding diaryl/α,β-unsaturated/α-hetero) is 1. The molecule has 2 aromatic carbocycles. The monoisotopic (exact) mass is 439 g/mol. The molecule has 2 aliphatic heterocycles. The fourth-order valence-corrected chi connectivity index (χ4v) is 4.47. The Kier molecular flexibility index (Phi) is 6.01.